The molecule has 1 aliphatic carbocycles. The van der Waals surface area contributed by atoms with Gasteiger partial charge < -0.3 is 14.9 Å². The van der Waals surface area contributed by atoms with Gasteiger partial charge in [0.15, 0.2) is 0 Å². The third-order valence-electron chi connectivity index (χ3n) is 4.78. The Morgan fingerprint density at radius 2 is 2.14 bits per heavy atom. The normalized spacial score (nSPS) is 27.0. The second kappa shape index (κ2) is 6.23. The van der Waals surface area contributed by atoms with Crippen LogP contribution >= 0.6 is 0 Å². The summed E-state index contributed by atoms with van der Waals surface area (Å²) in [6.07, 6.45) is 6.92. The molecule has 1 saturated heterocycles. The van der Waals surface area contributed by atoms with Crippen LogP contribution < -0.4 is 0 Å². The quantitative estimate of drug-likeness (QED) is 0.789. The van der Waals surface area contributed by atoms with Gasteiger partial charge in [-0.1, -0.05) is 42.7 Å². The van der Waals surface area contributed by atoms with Gasteiger partial charge in [-0.3, -0.25) is 0 Å². The summed E-state index contributed by atoms with van der Waals surface area (Å²) in [5.74, 6) is 1.76. The largest absolute Gasteiger partial charge is 0.373 e. The number of benzene rings is 1. The maximum Gasteiger partial charge on any atom is 0.0148 e. The summed E-state index contributed by atoms with van der Waals surface area (Å²) >= 11 is 0. The minimum absolute atomic E-state index is 0. The van der Waals surface area contributed by atoms with Crippen LogP contribution in [0, 0.1) is 12.1 Å². The van der Waals surface area contributed by atoms with Gasteiger partial charge in [0.1, 0.15) is 0 Å². The number of hydrogen-bond donors (Lipinski definition) is 0. The minimum atomic E-state index is 0. The van der Waals surface area contributed by atoms with Crippen LogP contribution in [0.15, 0.2) is 42.6 Å². The number of hydrogen-bond acceptors (Lipinski definition) is 3. The minimum Gasteiger partial charge on any atom is -0.373 e. The van der Waals surface area contributed by atoms with Gasteiger partial charge in [0.25, 0.3) is 0 Å². The Kier molecular flexibility index (Phi) is 4.53. The second-order valence-electron chi connectivity index (χ2n) is 6.01. The Balaban J connectivity index is 0.00000132. The van der Waals surface area contributed by atoms with E-state index in [0.29, 0.717) is 5.41 Å². The van der Waals surface area contributed by atoms with Crippen molar-refractivity contribution in [2.75, 3.05) is 19.6 Å². The maximum atomic E-state index is 4.28. The van der Waals surface area contributed by atoms with Crippen molar-refractivity contribution >= 4 is 0 Å². The van der Waals surface area contributed by atoms with Crippen molar-refractivity contribution < 1.29 is 32.7 Å². The van der Waals surface area contributed by atoms with Gasteiger partial charge in [-0.05, 0) is 30.9 Å². The van der Waals surface area contributed by atoms with Crippen molar-refractivity contribution in [1.29, 1.82) is 0 Å². The van der Waals surface area contributed by atoms with Crippen molar-refractivity contribution in [2.45, 2.75) is 18.3 Å². The molecule has 4 heteroatoms. The van der Waals surface area contributed by atoms with Gasteiger partial charge in [0.05, 0.1) is 0 Å². The standard InChI is InChI=1S/C17H18N3.Y/c1-2-5-14(6-3-1)17-11-15(17)12-20(13-17)10-7-16-18-8-4-9-19-16;/h1-6,8,15H,7,10-13H2;/q-1;/t15-,17?;/m1./s1. The van der Waals surface area contributed by atoms with E-state index in [1.165, 1.54) is 25.1 Å². The van der Waals surface area contributed by atoms with Crippen LogP contribution in [0.5, 0.6) is 0 Å². The average molecular weight is 353 g/mol. The number of fused-ring (bicyclic) bond motifs is 1. The zero-order chi connectivity index (χ0) is 13.4. The molecule has 2 aromatic rings. The van der Waals surface area contributed by atoms with Crippen LogP contribution in [0.3, 0.4) is 0 Å². The van der Waals surface area contributed by atoms with E-state index < -0.39 is 0 Å². The number of piperidine rings is 1. The molecule has 0 N–H and O–H groups in total. The van der Waals surface area contributed by atoms with Crippen molar-refractivity contribution in [2.24, 2.45) is 5.92 Å². The van der Waals surface area contributed by atoms with Gasteiger partial charge in [-0.2, -0.15) is 0 Å². The molecule has 2 aliphatic rings. The number of aromatic nitrogens is 2. The molecule has 1 saturated carbocycles. The van der Waals surface area contributed by atoms with Crippen molar-refractivity contribution in [3.63, 3.8) is 0 Å². The summed E-state index contributed by atoms with van der Waals surface area (Å²) in [4.78, 5) is 11.0. The van der Waals surface area contributed by atoms with Crippen LogP contribution in [0.25, 0.3) is 0 Å². The van der Waals surface area contributed by atoms with Crippen molar-refractivity contribution in [1.82, 2.24) is 14.9 Å². The van der Waals surface area contributed by atoms with Gasteiger partial charge in [-0.25, -0.2) is 0 Å². The fourth-order valence-electron chi connectivity index (χ4n) is 3.65. The predicted octanol–water partition coefficient (Wildman–Crippen LogP) is 2.09. The summed E-state index contributed by atoms with van der Waals surface area (Å²) in [6, 6.07) is 12.8. The van der Waals surface area contributed by atoms with E-state index in [2.05, 4.69) is 51.4 Å². The molecule has 1 unspecified atom stereocenters. The molecular formula is C17H18N3Y-. The number of likely N-dealkylation sites (tertiary alicyclic amines) is 1. The molecular weight excluding hydrogens is 335 g/mol. The topological polar surface area (TPSA) is 29.0 Å². The van der Waals surface area contributed by atoms with Gasteiger partial charge in [-0.15, -0.1) is 6.07 Å². The molecule has 3 nitrogen and oxygen atoms in total. The zero-order valence-corrected chi connectivity index (χ0v) is 14.9. The molecule has 1 aliphatic heterocycles. The van der Waals surface area contributed by atoms with E-state index in [9.17, 15) is 0 Å². The van der Waals surface area contributed by atoms with E-state index in [0.717, 1.165) is 24.7 Å². The van der Waals surface area contributed by atoms with Gasteiger partial charge in [0, 0.05) is 57.0 Å². The van der Waals surface area contributed by atoms with Crippen LogP contribution in [0.4, 0.5) is 0 Å². The first-order valence-electron chi connectivity index (χ1n) is 7.33. The summed E-state index contributed by atoms with van der Waals surface area (Å²) in [6.45, 7) is 3.48. The summed E-state index contributed by atoms with van der Waals surface area (Å²) in [5, 5.41) is 0. The Bertz CT molecular complexity index is 589. The molecule has 0 spiro atoms. The fraction of sp³-hybridized carbons (Fsp3) is 0.412. The molecule has 0 amide bonds. The van der Waals surface area contributed by atoms with E-state index >= 15 is 0 Å². The first-order valence-corrected chi connectivity index (χ1v) is 7.33. The SMILES string of the molecule is [Y].[c-]1ccnc(CCN2C[C@H]3CC3(c3ccccc3)C2)n1. The van der Waals surface area contributed by atoms with E-state index in [1.807, 2.05) is 0 Å². The second-order valence-corrected chi connectivity index (χ2v) is 6.01. The first kappa shape index (κ1) is 15.3. The first-order chi connectivity index (χ1) is 9.87. The van der Waals surface area contributed by atoms with Gasteiger partial charge in [0.2, 0.25) is 0 Å². The third kappa shape index (κ3) is 2.97. The molecule has 1 aromatic carbocycles. The third-order valence-corrected chi connectivity index (χ3v) is 4.78. The van der Waals surface area contributed by atoms with Crippen molar-refractivity contribution in [3.05, 3.63) is 60.2 Å². The molecule has 2 fully saturated rings. The number of rotatable bonds is 4. The Labute approximate surface area is 151 Å². The van der Waals surface area contributed by atoms with Crippen LogP contribution in [-0.2, 0) is 44.5 Å². The van der Waals surface area contributed by atoms with Crippen molar-refractivity contribution in [3.8, 4) is 0 Å². The van der Waals surface area contributed by atoms with Crippen LogP contribution in [0.1, 0.15) is 17.8 Å². The fourth-order valence-corrected chi connectivity index (χ4v) is 3.65. The average Bonchev–Trinajstić information content (AvgIpc) is 3.10. The molecule has 2 heterocycles. The number of nitrogens with zero attached hydrogens (tertiary/aromatic N) is 3. The van der Waals surface area contributed by atoms with Crippen LogP contribution in [-0.4, -0.2) is 34.5 Å². The molecule has 2 atom stereocenters. The Morgan fingerprint density at radius 1 is 1.29 bits per heavy atom. The summed E-state index contributed by atoms with van der Waals surface area (Å²) < 4.78 is 0. The van der Waals surface area contributed by atoms with E-state index in [-0.39, 0.29) is 32.7 Å². The Hall–Kier alpha value is -0.636. The molecule has 21 heavy (non-hydrogen) atoms. The molecule has 1 radical (unpaired) electrons. The maximum absolute atomic E-state index is 4.28. The monoisotopic (exact) mass is 353 g/mol. The molecule has 0 bridgehead atoms. The van der Waals surface area contributed by atoms with Gasteiger partial charge >= 0.3 is 0 Å². The summed E-state index contributed by atoms with van der Waals surface area (Å²) in [7, 11) is 0. The summed E-state index contributed by atoms with van der Waals surface area (Å²) in [5.41, 5.74) is 1.97. The molecule has 1 aromatic heterocycles. The Morgan fingerprint density at radius 3 is 2.90 bits per heavy atom. The smallest absolute Gasteiger partial charge is 0.0148 e. The predicted molar refractivity (Wildman–Crippen MR) is 77.2 cm³/mol. The van der Waals surface area contributed by atoms with E-state index in [4.69, 9.17) is 0 Å². The molecule has 105 valence electrons. The molecule has 4 rings (SSSR count). The van der Waals surface area contributed by atoms with Crippen LogP contribution in [0.2, 0.25) is 0 Å². The van der Waals surface area contributed by atoms with E-state index in [1.54, 1.807) is 12.3 Å². The zero-order valence-electron chi connectivity index (χ0n) is 12.1.